The highest BCUT2D eigenvalue weighted by Crippen LogP contribution is 2.38. The van der Waals surface area contributed by atoms with Gasteiger partial charge in [0, 0.05) is 5.56 Å². The van der Waals surface area contributed by atoms with Crippen molar-refractivity contribution in [2.75, 3.05) is 26.9 Å². The van der Waals surface area contributed by atoms with Crippen molar-refractivity contribution in [2.45, 2.75) is 0 Å². The summed E-state index contributed by atoms with van der Waals surface area (Å²) in [6, 6.07) is 2.98. The van der Waals surface area contributed by atoms with Crippen LogP contribution in [0.15, 0.2) is 12.1 Å². The van der Waals surface area contributed by atoms with Gasteiger partial charge in [-0.25, -0.2) is 0 Å². The van der Waals surface area contributed by atoms with Gasteiger partial charge < -0.3 is 19.5 Å². The second-order valence-electron chi connectivity index (χ2n) is 3.74. The van der Waals surface area contributed by atoms with E-state index in [4.69, 9.17) is 21.1 Å². The van der Waals surface area contributed by atoms with E-state index in [1.54, 1.807) is 0 Å². The minimum Gasteiger partial charge on any atom is -0.486 e. The van der Waals surface area contributed by atoms with E-state index < -0.39 is 11.9 Å². The van der Waals surface area contributed by atoms with E-state index in [1.807, 2.05) is 0 Å². The normalized spacial score (nSPS) is 12.7. The molecule has 19 heavy (non-hydrogen) atoms. The first-order valence-electron chi connectivity index (χ1n) is 5.56. The number of fused-ring (bicyclic) bond motifs is 1. The largest absolute Gasteiger partial charge is 0.486 e. The van der Waals surface area contributed by atoms with Crippen molar-refractivity contribution >= 4 is 23.5 Å². The average molecular weight is 286 g/mol. The van der Waals surface area contributed by atoms with Crippen LogP contribution in [-0.2, 0) is 9.53 Å². The standard InChI is InChI=1S/C12H12ClNO5/c1-17-10(15)6-14-12(16)7-4-8(13)11-9(5-7)18-2-3-19-11/h4-5H,2-3,6H2,1H3,(H,14,16). The first-order valence-corrected chi connectivity index (χ1v) is 5.93. The van der Waals surface area contributed by atoms with Crippen LogP contribution >= 0.6 is 11.6 Å². The Hall–Kier alpha value is -1.95. The first-order chi connectivity index (χ1) is 9.11. The molecule has 1 heterocycles. The van der Waals surface area contributed by atoms with Gasteiger partial charge in [0.2, 0.25) is 0 Å². The van der Waals surface area contributed by atoms with E-state index in [2.05, 4.69) is 10.1 Å². The van der Waals surface area contributed by atoms with Gasteiger partial charge in [0.05, 0.1) is 12.1 Å². The molecule has 0 radical (unpaired) electrons. The van der Waals surface area contributed by atoms with Gasteiger partial charge in [-0.1, -0.05) is 11.6 Å². The van der Waals surface area contributed by atoms with E-state index in [0.29, 0.717) is 29.7 Å². The fourth-order valence-electron chi connectivity index (χ4n) is 1.57. The lowest BCUT2D eigenvalue weighted by Crippen LogP contribution is -2.30. The second-order valence-corrected chi connectivity index (χ2v) is 4.15. The molecule has 0 aromatic heterocycles. The Morgan fingerprint density at radius 3 is 2.84 bits per heavy atom. The van der Waals surface area contributed by atoms with Crippen molar-refractivity contribution < 1.29 is 23.8 Å². The fraction of sp³-hybridized carbons (Fsp3) is 0.333. The molecule has 0 saturated heterocycles. The summed E-state index contributed by atoms with van der Waals surface area (Å²) < 4.78 is 15.1. The van der Waals surface area contributed by atoms with Crippen molar-refractivity contribution in [1.29, 1.82) is 0 Å². The highest BCUT2D eigenvalue weighted by Gasteiger charge is 2.19. The van der Waals surface area contributed by atoms with Crippen LogP contribution in [0.3, 0.4) is 0 Å². The molecule has 2 rings (SSSR count). The number of esters is 1. The van der Waals surface area contributed by atoms with Crippen molar-refractivity contribution in [3.63, 3.8) is 0 Å². The van der Waals surface area contributed by atoms with Crippen LogP contribution in [0.4, 0.5) is 0 Å². The highest BCUT2D eigenvalue weighted by atomic mass is 35.5. The van der Waals surface area contributed by atoms with Gasteiger partial charge in [-0.3, -0.25) is 9.59 Å². The number of carbonyl (C=O) groups excluding carboxylic acids is 2. The van der Waals surface area contributed by atoms with E-state index in [-0.39, 0.29) is 12.1 Å². The van der Waals surface area contributed by atoms with Crippen LogP contribution in [-0.4, -0.2) is 38.7 Å². The van der Waals surface area contributed by atoms with E-state index in [9.17, 15) is 9.59 Å². The quantitative estimate of drug-likeness (QED) is 0.839. The monoisotopic (exact) mass is 285 g/mol. The summed E-state index contributed by atoms with van der Waals surface area (Å²) in [4.78, 5) is 22.8. The zero-order valence-corrected chi connectivity index (χ0v) is 11.0. The van der Waals surface area contributed by atoms with Crippen LogP contribution in [0, 0.1) is 0 Å². The number of carbonyl (C=O) groups is 2. The zero-order valence-electron chi connectivity index (χ0n) is 10.2. The highest BCUT2D eigenvalue weighted by molar-refractivity contribution is 6.32. The van der Waals surface area contributed by atoms with Gasteiger partial charge in [0.1, 0.15) is 19.8 Å². The lowest BCUT2D eigenvalue weighted by Gasteiger charge is -2.20. The smallest absolute Gasteiger partial charge is 0.325 e. The molecule has 7 heteroatoms. The molecule has 1 amide bonds. The SMILES string of the molecule is COC(=O)CNC(=O)c1cc(Cl)c2c(c1)OCCO2. The molecule has 102 valence electrons. The fourth-order valence-corrected chi connectivity index (χ4v) is 1.83. The van der Waals surface area contributed by atoms with Crippen LogP contribution in [0.25, 0.3) is 0 Å². The number of halogens is 1. The molecule has 1 N–H and O–H groups in total. The van der Waals surface area contributed by atoms with E-state index in [0.717, 1.165) is 0 Å². The van der Waals surface area contributed by atoms with Gasteiger partial charge >= 0.3 is 5.97 Å². The Bertz CT molecular complexity index is 517. The predicted molar refractivity (Wildman–Crippen MR) is 66.8 cm³/mol. The van der Waals surface area contributed by atoms with E-state index in [1.165, 1.54) is 19.2 Å². The maximum Gasteiger partial charge on any atom is 0.325 e. The third-order valence-corrected chi connectivity index (χ3v) is 2.76. The molecule has 0 fully saturated rings. The number of methoxy groups -OCH3 is 1. The first kappa shape index (κ1) is 13.5. The minimum atomic E-state index is -0.531. The van der Waals surface area contributed by atoms with Crippen molar-refractivity contribution in [3.8, 4) is 11.5 Å². The summed E-state index contributed by atoms with van der Waals surface area (Å²) in [5, 5.41) is 2.71. The third-order valence-electron chi connectivity index (χ3n) is 2.48. The van der Waals surface area contributed by atoms with Gasteiger partial charge in [0.25, 0.3) is 5.91 Å². The third kappa shape index (κ3) is 3.08. The molecule has 0 bridgehead atoms. The Morgan fingerprint density at radius 1 is 1.37 bits per heavy atom. The maximum atomic E-state index is 11.8. The summed E-state index contributed by atoms with van der Waals surface area (Å²) in [6.45, 7) is 0.610. The van der Waals surface area contributed by atoms with Crippen LogP contribution in [0.5, 0.6) is 11.5 Å². The zero-order chi connectivity index (χ0) is 13.8. The molecule has 1 aliphatic heterocycles. The molecule has 1 aromatic rings. The topological polar surface area (TPSA) is 73.9 Å². The summed E-state index contributed by atoms with van der Waals surface area (Å²) >= 11 is 6.00. The maximum absolute atomic E-state index is 11.8. The summed E-state index contributed by atoms with van der Waals surface area (Å²) in [6.07, 6.45) is 0. The molecule has 0 atom stereocenters. The van der Waals surface area contributed by atoms with Gasteiger partial charge in [-0.2, -0.15) is 0 Å². The summed E-state index contributed by atoms with van der Waals surface area (Å²) in [5.41, 5.74) is 0.290. The molecule has 1 aliphatic rings. The second kappa shape index (κ2) is 5.79. The minimum absolute atomic E-state index is 0.207. The molecule has 6 nitrogen and oxygen atoms in total. The number of rotatable bonds is 3. The van der Waals surface area contributed by atoms with Crippen LogP contribution in [0.1, 0.15) is 10.4 Å². The molecule has 1 aromatic carbocycles. The number of hydrogen-bond donors (Lipinski definition) is 1. The Labute approximate surface area is 114 Å². The number of ether oxygens (including phenoxy) is 3. The molecule has 0 saturated carbocycles. The van der Waals surface area contributed by atoms with Crippen LogP contribution < -0.4 is 14.8 Å². The van der Waals surface area contributed by atoms with Crippen molar-refractivity contribution in [1.82, 2.24) is 5.32 Å². The molecule has 0 spiro atoms. The van der Waals surface area contributed by atoms with Gasteiger partial charge in [-0.15, -0.1) is 0 Å². The number of amides is 1. The Balaban J connectivity index is 2.14. The molecular weight excluding hydrogens is 274 g/mol. The summed E-state index contributed by atoms with van der Waals surface area (Å²) in [7, 11) is 1.25. The molecular formula is C12H12ClNO5. The number of nitrogens with one attached hydrogen (secondary N) is 1. The Morgan fingerprint density at radius 2 is 2.11 bits per heavy atom. The van der Waals surface area contributed by atoms with Gasteiger partial charge in [0.15, 0.2) is 11.5 Å². The van der Waals surface area contributed by atoms with Crippen molar-refractivity contribution in [2.24, 2.45) is 0 Å². The summed E-state index contributed by atoms with van der Waals surface area (Å²) in [5.74, 6) is -0.124. The average Bonchev–Trinajstić information content (AvgIpc) is 2.44. The molecule has 0 aliphatic carbocycles. The Kier molecular flexibility index (Phi) is 4.11. The number of hydrogen-bond acceptors (Lipinski definition) is 5. The lowest BCUT2D eigenvalue weighted by molar-refractivity contribution is -0.139. The molecule has 0 unspecified atom stereocenters. The number of benzene rings is 1. The van der Waals surface area contributed by atoms with Crippen molar-refractivity contribution in [3.05, 3.63) is 22.7 Å². The van der Waals surface area contributed by atoms with Crippen LogP contribution in [0.2, 0.25) is 5.02 Å². The predicted octanol–water partition coefficient (Wildman–Crippen LogP) is 1.01. The lowest BCUT2D eigenvalue weighted by atomic mass is 10.2. The van der Waals surface area contributed by atoms with Gasteiger partial charge in [-0.05, 0) is 12.1 Å². The van der Waals surface area contributed by atoms with E-state index >= 15 is 0 Å².